The Bertz CT molecular complexity index is 229. The van der Waals surface area contributed by atoms with Gasteiger partial charge in [0.2, 0.25) is 0 Å². The maximum absolute atomic E-state index is 5.61. The summed E-state index contributed by atoms with van der Waals surface area (Å²) < 4.78 is 0. The second kappa shape index (κ2) is 2.47. The Morgan fingerprint density at radius 1 is 1.64 bits per heavy atom. The summed E-state index contributed by atoms with van der Waals surface area (Å²) in [6.07, 6.45) is 4.23. The Morgan fingerprint density at radius 2 is 2.45 bits per heavy atom. The summed E-state index contributed by atoms with van der Waals surface area (Å²) in [7, 11) is 0. The SMILES string of the molecule is NC1CN(c2ccn[c]n2)C1. The minimum atomic E-state index is 0.310. The zero-order valence-corrected chi connectivity index (χ0v) is 6.07. The van der Waals surface area contributed by atoms with Gasteiger partial charge >= 0.3 is 0 Å². The summed E-state index contributed by atoms with van der Waals surface area (Å²) in [5.41, 5.74) is 5.61. The summed E-state index contributed by atoms with van der Waals surface area (Å²) in [5, 5.41) is 0. The van der Waals surface area contributed by atoms with E-state index in [1.807, 2.05) is 6.07 Å². The van der Waals surface area contributed by atoms with Crippen LogP contribution in [-0.4, -0.2) is 29.1 Å². The summed E-state index contributed by atoms with van der Waals surface area (Å²) >= 11 is 0. The van der Waals surface area contributed by atoms with Crippen molar-refractivity contribution in [2.45, 2.75) is 6.04 Å². The first-order chi connectivity index (χ1) is 5.36. The zero-order chi connectivity index (χ0) is 7.68. The molecular formula is C7H9N4. The lowest BCUT2D eigenvalue weighted by atomic mass is 10.1. The highest BCUT2D eigenvalue weighted by Gasteiger charge is 2.23. The minimum absolute atomic E-state index is 0.310. The van der Waals surface area contributed by atoms with Crippen LogP contribution in [0.2, 0.25) is 0 Å². The smallest absolute Gasteiger partial charge is 0.199 e. The number of aromatic nitrogens is 2. The first-order valence-electron chi connectivity index (χ1n) is 3.56. The highest BCUT2D eigenvalue weighted by molar-refractivity contribution is 5.40. The lowest BCUT2D eigenvalue weighted by Crippen LogP contribution is -2.56. The molecule has 0 unspecified atom stereocenters. The molecule has 1 aromatic heterocycles. The summed E-state index contributed by atoms with van der Waals surface area (Å²) in [6.45, 7) is 1.79. The molecule has 11 heavy (non-hydrogen) atoms. The van der Waals surface area contributed by atoms with Crippen LogP contribution in [0.4, 0.5) is 5.82 Å². The Kier molecular flexibility index (Phi) is 1.47. The van der Waals surface area contributed by atoms with Gasteiger partial charge in [-0.25, -0.2) is 9.97 Å². The van der Waals surface area contributed by atoms with Crippen molar-refractivity contribution in [2.24, 2.45) is 5.73 Å². The number of anilines is 1. The molecule has 1 aliphatic rings. The normalized spacial score (nSPS) is 18.1. The first kappa shape index (κ1) is 6.54. The molecule has 1 radical (unpaired) electrons. The topological polar surface area (TPSA) is 55.0 Å². The van der Waals surface area contributed by atoms with Crippen LogP contribution in [0, 0.1) is 6.33 Å². The molecule has 1 aromatic rings. The van der Waals surface area contributed by atoms with Gasteiger partial charge in [0, 0.05) is 25.3 Å². The third-order valence-electron chi connectivity index (χ3n) is 1.75. The summed E-state index contributed by atoms with van der Waals surface area (Å²) in [6, 6.07) is 2.17. The van der Waals surface area contributed by atoms with Crippen LogP contribution in [0.25, 0.3) is 0 Å². The molecule has 0 atom stereocenters. The van der Waals surface area contributed by atoms with Crippen LogP contribution in [0.15, 0.2) is 12.3 Å². The number of hydrogen-bond donors (Lipinski definition) is 1. The van der Waals surface area contributed by atoms with Crippen LogP contribution in [0.5, 0.6) is 0 Å². The van der Waals surface area contributed by atoms with Crippen molar-refractivity contribution in [2.75, 3.05) is 18.0 Å². The van der Waals surface area contributed by atoms with E-state index in [1.54, 1.807) is 6.20 Å². The van der Waals surface area contributed by atoms with E-state index in [1.165, 1.54) is 0 Å². The Morgan fingerprint density at radius 3 is 3.00 bits per heavy atom. The molecule has 0 aliphatic carbocycles. The van der Waals surface area contributed by atoms with Crippen LogP contribution in [-0.2, 0) is 0 Å². The Labute approximate surface area is 65.1 Å². The third-order valence-corrected chi connectivity index (χ3v) is 1.75. The third kappa shape index (κ3) is 1.17. The second-order valence-electron chi connectivity index (χ2n) is 2.68. The largest absolute Gasteiger partial charge is 0.353 e. The molecule has 0 saturated carbocycles. The molecule has 2 rings (SSSR count). The van der Waals surface area contributed by atoms with Gasteiger partial charge in [-0.15, -0.1) is 0 Å². The van der Waals surface area contributed by atoms with Gasteiger partial charge in [0.1, 0.15) is 5.82 Å². The van der Waals surface area contributed by atoms with Crippen LogP contribution in [0.3, 0.4) is 0 Å². The fourth-order valence-electron chi connectivity index (χ4n) is 1.13. The first-order valence-corrected chi connectivity index (χ1v) is 3.56. The minimum Gasteiger partial charge on any atom is -0.353 e. The molecule has 0 spiro atoms. The monoisotopic (exact) mass is 149 g/mol. The van der Waals surface area contributed by atoms with Crippen molar-refractivity contribution >= 4 is 5.82 Å². The van der Waals surface area contributed by atoms with E-state index in [4.69, 9.17) is 5.73 Å². The highest BCUT2D eigenvalue weighted by Crippen LogP contribution is 2.14. The molecule has 2 N–H and O–H groups in total. The molecule has 57 valence electrons. The van der Waals surface area contributed by atoms with Gasteiger partial charge in [-0.3, -0.25) is 0 Å². The standard InChI is InChI=1S/C7H9N4/c8-6-3-11(4-6)7-1-2-9-5-10-7/h1-2,6H,3-4,8H2. The maximum atomic E-state index is 5.61. The fraction of sp³-hybridized carbons (Fsp3) is 0.429. The molecule has 0 aromatic carbocycles. The molecule has 0 bridgehead atoms. The van der Waals surface area contributed by atoms with E-state index >= 15 is 0 Å². The van der Waals surface area contributed by atoms with Gasteiger partial charge < -0.3 is 10.6 Å². The molecule has 0 amide bonds. The number of rotatable bonds is 1. The second-order valence-corrected chi connectivity index (χ2v) is 2.68. The van der Waals surface area contributed by atoms with Crippen molar-refractivity contribution < 1.29 is 0 Å². The number of nitrogens with two attached hydrogens (primary N) is 1. The lowest BCUT2D eigenvalue weighted by Gasteiger charge is -2.37. The summed E-state index contributed by atoms with van der Waals surface area (Å²) in [4.78, 5) is 9.78. The van der Waals surface area contributed by atoms with Gasteiger partial charge in [-0.05, 0) is 6.07 Å². The zero-order valence-electron chi connectivity index (χ0n) is 6.07. The fourth-order valence-corrected chi connectivity index (χ4v) is 1.13. The van der Waals surface area contributed by atoms with Gasteiger partial charge in [-0.1, -0.05) is 0 Å². The van der Waals surface area contributed by atoms with E-state index in [-0.39, 0.29) is 0 Å². The number of nitrogens with zero attached hydrogens (tertiary/aromatic N) is 3. The van der Waals surface area contributed by atoms with E-state index in [0.717, 1.165) is 18.9 Å². The lowest BCUT2D eigenvalue weighted by molar-refractivity contribution is 0.514. The Balaban J connectivity index is 2.08. The summed E-state index contributed by atoms with van der Waals surface area (Å²) in [5.74, 6) is 0.918. The molecule has 4 nitrogen and oxygen atoms in total. The molecular weight excluding hydrogens is 140 g/mol. The average Bonchev–Trinajstić information content (AvgIpc) is 2.01. The van der Waals surface area contributed by atoms with E-state index < -0.39 is 0 Å². The van der Waals surface area contributed by atoms with Gasteiger partial charge in [0.15, 0.2) is 6.33 Å². The molecule has 4 heteroatoms. The molecule has 1 aliphatic heterocycles. The van der Waals surface area contributed by atoms with Gasteiger partial charge in [0.05, 0.1) is 0 Å². The van der Waals surface area contributed by atoms with Crippen molar-refractivity contribution in [3.63, 3.8) is 0 Å². The maximum Gasteiger partial charge on any atom is 0.199 e. The predicted octanol–water partition coefficient (Wildman–Crippen LogP) is -0.576. The number of hydrogen-bond acceptors (Lipinski definition) is 4. The van der Waals surface area contributed by atoms with Crippen molar-refractivity contribution in [1.82, 2.24) is 9.97 Å². The van der Waals surface area contributed by atoms with Gasteiger partial charge in [0.25, 0.3) is 0 Å². The predicted molar refractivity (Wildman–Crippen MR) is 41.1 cm³/mol. The molecule has 1 fully saturated rings. The molecule has 2 heterocycles. The van der Waals surface area contributed by atoms with Crippen molar-refractivity contribution in [1.29, 1.82) is 0 Å². The van der Waals surface area contributed by atoms with E-state index in [0.29, 0.717) is 6.04 Å². The van der Waals surface area contributed by atoms with Crippen molar-refractivity contribution in [3.8, 4) is 0 Å². The quantitative estimate of drug-likeness (QED) is 0.580. The Hall–Kier alpha value is -1.16. The highest BCUT2D eigenvalue weighted by atomic mass is 15.3. The molecule has 1 saturated heterocycles. The van der Waals surface area contributed by atoms with Crippen LogP contribution >= 0.6 is 0 Å². The van der Waals surface area contributed by atoms with E-state index in [9.17, 15) is 0 Å². The van der Waals surface area contributed by atoms with Crippen LogP contribution < -0.4 is 10.6 Å². The average molecular weight is 149 g/mol. The van der Waals surface area contributed by atoms with Crippen molar-refractivity contribution in [3.05, 3.63) is 18.6 Å². The van der Waals surface area contributed by atoms with Gasteiger partial charge in [-0.2, -0.15) is 0 Å². The van der Waals surface area contributed by atoms with E-state index in [2.05, 4.69) is 21.2 Å². The van der Waals surface area contributed by atoms with Crippen LogP contribution in [0.1, 0.15) is 0 Å².